The summed E-state index contributed by atoms with van der Waals surface area (Å²) in [6.07, 6.45) is 0.830. The van der Waals surface area contributed by atoms with Crippen LogP contribution in [0.4, 0.5) is 0 Å². The number of hydrogen-bond donors (Lipinski definition) is 1. The maximum atomic E-state index is 12.4. The van der Waals surface area contributed by atoms with Gasteiger partial charge in [0.25, 0.3) is 0 Å². The van der Waals surface area contributed by atoms with Gasteiger partial charge in [-0.05, 0) is 38.0 Å². The van der Waals surface area contributed by atoms with Crippen LogP contribution in [0.15, 0.2) is 23.2 Å². The molecule has 1 saturated heterocycles. The number of carbonyl (C=O) groups excluding carboxylic acids is 2. The molecular weight excluding hydrogens is 366 g/mol. The van der Waals surface area contributed by atoms with Gasteiger partial charge in [-0.2, -0.15) is 0 Å². The molecule has 8 heteroatoms. The van der Waals surface area contributed by atoms with Crippen LogP contribution in [0.5, 0.6) is 11.5 Å². The van der Waals surface area contributed by atoms with Crippen molar-refractivity contribution in [2.24, 2.45) is 4.99 Å². The molecule has 1 N–H and O–H groups in total. The fourth-order valence-electron chi connectivity index (χ4n) is 2.81. The number of amidine groups is 1. The third kappa shape index (κ3) is 5.38. The molecule has 0 spiro atoms. The lowest BCUT2D eigenvalue weighted by Gasteiger charge is -2.13. The number of benzene rings is 1. The highest BCUT2D eigenvalue weighted by Gasteiger charge is 2.37. The lowest BCUT2D eigenvalue weighted by Crippen LogP contribution is -2.35. The first-order valence-electron chi connectivity index (χ1n) is 9.04. The van der Waals surface area contributed by atoms with Crippen molar-refractivity contribution in [1.82, 2.24) is 10.2 Å². The molecule has 2 amide bonds. The molecule has 1 aromatic carbocycles. The number of ether oxygens (including phenoxy) is 2. The van der Waals surface area contributed by atoms with Crippen LogP contribution >= 0.6 is 11.8 Å². The van der Waals surface area contributed by atoms with Crippen molar-refractivity contribution in [3.05, 3.63) is 23.8 Å². The second-order valence-electron chi connectivity index (χ2n) is 5.94. The van der Waals surface area contributed by atoms with Crippen LogP contribution in [-0.2, 0) is 16.0 Å². The number of thioether (sulfide) groups is 1. The number of nitrogens with zero attached hydrogens (tertiary/aromatic N) is 2. The Morgan fingerprint density at radius 2 is 2.00 bits per heavy atom. The molecule has 1 heterocycles. The van der Waals surface area contributed by atoms with Crippen LogP contribution in [0.25, 0.3) is 0 Å². The van der Waals surface area contributed by atoms with E-state index in [9.17, 15) is 9.59 Å². The van der Waals surface area contributed by atoms with Crippen LogP contribution in [0.3, 0.4) is 0 Å². The van der Waals surface area contributed by atoms with E-state index in [4.69, 9.17) is 9.47 Å². The van der Waals surface area contributed by atoms with Crippen LogP contribution < -0.4 is 14.8 Å². The van der Waals surface area contributed by atoms with E-state index in [2.05, 4.69) is 10.3 Å². The Balaban J connectivity index is 1.85. The summed E-state index contributed by atoms with van der Waals surface area (Å²) in [6.45, 7) is 5.53. The molecule has 2 rings (SSSR count). The van der Waals surface area contributed by atoms with E-state index in [1.54, 1.807) is 19.1 Å². The summed E-state index contributed by atoms with van der Waals surface area (Å²) in [5.41, 5.74) is 1.04. The molecule has 1 atom stereocenters. The van der Waals surface area contributed by atoms with E-state index in [0.717, 1.165) is 5.56 Å². The standard InChI is InChI=1S/C19H27N3O4S/c1-5-20-19-22(6-2)18(24)16(27-19)12-17(23)21-10-9-13-7-8-14(25-3)15(11-13)26-4/h7-8,11,16H,5-6,9-10,12H2,1-4H3,(H,21,23)/t16-/m1/s1. The lowest BCUT2D eigenvalue weighted by molar-refractivity contribution is -0.129. The Morgan fingerprint density at radius 1 is 1.26 bits per heavy atom. The van der Waals surface area contributed by atoms with Gasteiger partial charge in [0.05, 0.1) is 14.2 Å². The predicted molar refractivity (Wildman–Crippen MR) is 108 cm³/mol. The van der Waals surface area contributed by atoms with Gasteiger partial charge in [0.15, 0.2) is 16.7 Å². The minimum atomic E-state index is -0.392. The smallest absolute Gasteiger partial charge is 0.242 e. The maximum Gasteiger partial charge on any atom is 0.242 e. The average molecular weight is 394 g/mol. The Labute approximate surface area is 164 Å². The van der Waals surface area contributed by atoms with Crippen molar-refractivity contribution in [3.8, 4) is 11.5 Å². The van der Waals surface area contributed by atoms with Crippen molar-refractivity contribution in [3.63, 3.8) is 0 Å². The van der Waals surface area contributed by atoms with Gasteiger partial charge in [-0.15, -0.1) is 0 Å². The van der Waals surface area contributed by atoms with Gasteiger partial charge >= 0.3 is 0 Å². The first-order chi connectivity index (χ1) is 13.0. The lowest BCUT2D eigenvalue weighted by atomic mass is 10.1. The molecule has 0 bridgehead atoms. The number of amides is 2. The minimum absolute atomic E-state index is 0.0373. The van der Waals surface area contributed by atoms with Crippen LogP contribution in [-0.4, -0.2) is 61.0 Å². The third-order valence-electron chi connectivity index (χ3n) is 4.18. The van der Waals surface area contributed by atoms with Crippen molar-refractivity contribution in [2.75, 3.05) is 33.9 Å². The number of aliphatic imine (C=N–C) groups is 1. The molecule has 1 aliphatic rings. The highest BCUT2D eigenvalue weighted by molar-refractivity contribution is 8.15. The van der Waals surface area contributed by atoms with Crippen molar-refractivity contribution in [1.29, 1.82) is 0 Å². The predicted octanol–water partition coefficient (Wildman–Crippen LogP) is 2.09. The van der Waals surface area contributed by atoms with Gasteiger partial charge in [0, 0.05) is 26.1 Å². The Kier molecular flexibility index (Phi) is 7.97. The zero-order chi connectivity index (χ0) is 19.8. The monoisotopic (exact) mass is 393 g/mol. The topological polar surface area (TPSA) is 80.2 Å². The van der Waals surface area contributed by atoms with Gasteiger partial charge in [-0.1, -0.05) is 17.8 Å². The molecule has 1 fully saturated rings. The molecule has 1 aromatic rings. The summed E-state index contributed by atoms with van der Waals surface area (Å²) in [4.78, 5) is 30.6. The molecule has 0 aliphatic carbocycles. The first-order valence-corrected chi connectivity index (χ1v) is 9.92. The van der Waals surface area contributed by atoms with Crippen LogP contribution in [0.1, 0.15) is 25.8 Å². The molecule has 1 aliphatic heterocycles. The molecular formula is C19H27N3O4S. The highest BCUT2D eigenvalue weighted by atomic mass is 32.2. The fraction of sp³-hybridized carbons (Fsp3) is 0.526. The van der Waals surface area contributed by atoms with Gasteiger partial charge in [-0.25, -0.2) is 0 Å². The quantitative estimate of drug-likeness (QED) is 0.695. The normalized spacial score (nSPS) is 18.1. The van der Waals surface area contributed by atoms with E-state index in [1.807, 2.05) is 32.0 Å². The minimum Gasteiger partial charge on any atom is -0.493 e. The summed E-state index contributed by atoms with van der Waals surface area (Å²) in [5, 5.41) is 3.21. The highest BCUT2D eigenvalue weighted by Crippen LogP contribution is 2.29. The number of methoxy groups -OCH3 is 2. The average Bonchev–Trinajstić information content (AvgIpc) is 2.96. The molecule has 7 nitrogen and oxygen atoms in total. The second kappa shape index (κ2) is 10.2. The van der Waals surface area contributed by atoms with Crippen molar-refractivity contribution >= 4 is 28.7 Å². The van der Waals surface area contributed by atoms with E-state index < -0.39 is 5.25 Å². The Hall–Kier alpha value is -2.22. The summed E-state index contributed by atoms with van der Waals surface area (Å²) >= 11 is 1.38. The van der Waals surface area contributed by atoms with Crippen LogP contribution in [0, 0.1) is 0 Å². The third-order valence-corrected chi connectivity index (χ3v) is 5.40. The number of carbonyl (C=O) groups is 2. The van der Waals surface area contributed by atoms with Crippen LogP contribution in [0.2, 0.25) is 0 Å². The summed E-state index contributed by atoms with van der Waals surface area (Å²) in [6, 6.07) is 5.68. The summed E-state index contributed by atoms with van der Waals surface area (Å²) < 4.78 is 10.5. The van der Waals surface area contributed by atoms with Crippen molar-refractivity contribution in [2.45, 2.75) is 31.9 Å². The number of hydrogen-bond acceptors (Lipinski definition) is 6. The largest absolute Gasteiger partial charge is 0.493 e. The zero-order valence-corrected chi connectivity index (χ0v) is 17.1. The SMILES string of the molecule is CCN=C1S[C@H](CC(=O)NCCc2ccc(OC)c(OC)c2)C(=O)N1CC. The first kappa shape index (κ1) is 21.1. The zero-order valence-electron chi connectivity index (χ0n) is 16.3. The van der Waals surface area contributed by atoms with E-state index >= 15 is 0 Å². The molecule has 0 unspecified atom stereocenters. The molecule has 27 heavy (non-hydrogen) atoms. The van der Waals surface area contributed by atoms with Gasteiger partial charge in [-0.3, -0.25) is 19.5 Å². The Bertz CT molecular complexity index is 708. The fourth-order valence-corrected chi connectivity index (χ4v) is 4.08. The number of nitrogens with one attached hydrogen (secondary N) is 1. The summed E-state index contributed by atoms with van der Waals surface area (Å²) in [7, 11) is 3.19. The Morgan fingerprint density at radius 3 is 2.63 bits per heavy atom. The number of rotatable bonds is 9. The molecule has 0 radical (unpaired) electrons. The van der Waals surface area contributed by atoms with Gasteiger partial charge in [0.2, 0.25) is 11.8 Å². The second-order valence-corrected chi connectivity index (χ2v) is 7.11. The molecule has 0 aromatic heterocycles. The maximum absolute atomic E-state index is 12.4. The van der Waals surface area contributed by atoms with Crippen molar-refractivity contribution < 1.29 is 19.1 Å². The van der Waals surface area contributed by atoms with E-state index in [1.165, 1.54) is 11.8 Å². The molecule has 148 valence electrons. The van der Waals surface area contributed by atoms with Gasteiger partial charge < -0.3 is 14.8 Å². The van der Waals surface area contributed by atoms with E-state index in [0.29, 0.717) is 42.7 Å². The summed E-state index contributed by atoms with van der Waals surface area (Å²) in [5.74, 6) is 1.17. The van der Waals surface area contributed by atoms with E-state index in [-0.39, 0.29) is 18.2 Å². The molecule has 0 saturated carbocycles. The van der Waals surface area contributed by atoms with Gasteiger partial charge in [0.1, 0.15) is 5.25 Å².